The summed E-state index contributed by atoms with van der Waals surface area (Å²) in [7, 11) is 4.86. The van der Waals surface area contributed by atoms with Crippen molar-refractivity contribution in [2.75, 3.05) is 21.3 Å². The fraction of sp³-hybridized carbons (Fsp3) is 0.200. The first-order valence-corrected chi connectivity index (χ1v) is 9.08. The van der Waals surface area contributed by atoms with E-state index in [4.69, 9.17) is 9.47 Å². The van der Waals surface area contributed by atoms with Gasteiger partial charge in [-0.25, -0.2) is 4.68 Å². The van der Waals surface area contributed by atoms with E-state index in [-0.39, 0.29) is 5.91 Å². The Labute approximate surface area is 166 Å². The highest BCUT2D eigenvalue weighted by Gasteiger charge is 2.18. The van der Waals surface area contributed by atoms with Gasteiger partial charge in [-0.2, -0.15) is 5.10 Å². The molecule has 3 rings (SSSR count). The third-order valence-electron chi connectivity index (χ3n) is 4.12. The molecule has 0 unspecified atom stereocenters. The zero-order chi connectivity index (χ0) is 19.4. The molecule has 140 valence electrons. The number of carbonyl (C=O) groups is 1. The fourth-order valence-electron chi connectivity index (χ4n) is 2.72. The largest absolute Gasteiger partial charge is 0.495 e. The molecule has 0 atom stereocenters. The number of amides is 1. The molecule has 0 radical (unpaired) electrons. The summed E-state index contributed by atoms with van der Waals surface area (Å²) in [5.74, 6) is 0.956. The van der Waals surface area contributed by atoms with Crippen LogP contribution >= 0.6 is 15.9 Å². The number of para-hydroxylation sites is 1. The summed E-state index contributed by atoms with van der Waals surface area (Å²) < 4.78 is 13.1. The molecule has 1 amide bonds. The van der Waals surface area contributed by atoms with Gasteiger partial charge in [0.05, 0.1) is 26.1 Å². The molecular weight excluding hydrogens is 410 g/mol. The van der Waals surface area contributed by atoms with Crippen LogP contribution in [0.1, 0.15) is 15.9 Å². The molecule has 6 nitrogen and oxygen atoms in total. The van der Waals surface area contributed by atoms with E-state index in [2.05, 4.69) is 21.0 Å². The lowest BCUT2D eigenvalue weighted by Gasteiger charge is -2.18. The van der Waals surface area contributed by atoms with Crippen LogP contribution in [0.2, 0.25) is 0 Å². The van der Waals surface area contributed by atoms with E-state index in [1.54, 1.807) is 49.2 Å². The lowest BCUT2D eigenvalue weighted by Crippen LogP contribution is -2.26. The number of aromatic nitrogens is 2. The van der Waals surface area contributed by atoms with Crippen LogP contribution in [-0.2, 0) is 6.54 Å². The predicted molar refractivity (Wildman–Crippen MR) is 107 cm³/mol. The van der Waals surface area contributed by atoms with Crippen molar-refractivity contribution in [2.24, 2.45) is 0 Å². The van der Waals surface area contributed by atoms with Crippen LogP contribution in [-0.4, -0.2) is 41.9 Å². The van der Waals surface area contributed by atoms with Gasteiger partial charge in [0.15, 0.2) is 0 Å². The Hall–Kier alpha value is -2.80. The zero-order valence-corrected chi connectivity index (χ0v) is 16.9. The van der Waals surface area contributed by atoms with Crippen LogP contribution in [0.25, 0.3) is 5.69 Å². The number of carbonyl (C=O) groups excluding carboxylic acids is 1. The summed E-state index contributed by atoms with van der Waals surface area (Å²) in [4.78, 5) is 14.5. The second-order valence-corrected chi connectivity index (χ2v) is 6.78. The van der Waals surface area contributed by atoms with Gasteiger partial charge in [-0.3, -0.25) is 4.79 Å². The Balaban J connectivity index is 1.78. The Bertz CT molecular complexity index is 916. The quantitative estimate of drug-likeness (QED) is 0.595. The van der Waals surface area contributed by atoms with Crippen molar-refractivity contribution in [1.82, 2.24) is 14.7 Å². The first-order valence-electron chi connectivity index (χ1n) is 8.29. The monoisotopic (exact) mass is 429 g/mol. The summed E-state index contributed by atoms with van der Waals surface area (Å²) in [6.07, 6.45) is 3.68. The minimum absolute atomic E-state index is 0.133. The van der Waals surface area contributed by atoms with Gasteiger partial charge in [0.25, 0.3) is 5.91 Å². The summed E-state index contributed by atoms with van der Waals surface area (Å²) in [6, 6.07) is 13.2. The van der Waals surface area contributed by atoms with Crippen molar-refractivity contribution >= 4 is 21.8 Å². The number of hydrogen-bond donors (Lipinski definition) is 0. The Kier molecular flexibility index (Phi) is 5.81. The third kappa shape index (κ3) is 4.14. The van der Waals surface area contributed by atoms with Crippen LogP contribution in [0.5, 0.6) is 11.5 Å². The van der Waals surface area contributed by atoms with Crippen LogP contribution in [0.3, 0.4) is 0 Å². The lowest BCUT2D eigenvalue weighted by atomic mass is 10.1. The Morgan fingerprint density at radius 1 is 1.15 bits per heavy atom. The summed E-state index contributed by atoms with van der Waals surface area (Å²) in [5.41, 5.74) is 2.40. The summed E-state index contributed by atoms with van der Waals surface area (Å²) in [6.45, 7) is 0.437. The minimum atomic E-state index is -0.133. The minimum Gasteiger partial charge on any atom is -0.495 e. The highest BCUT2D eigenvalue weighted by Crippen LogP contribution is 2.35. The summed E-state index contributed by atoms with van der Waals surface area (Å²) in [5, 5.41) is 4.37. The standard InChI is InChI=1S/C20H20BrN3O3/c1-23(12-14-11-22-24(13-14)16-7-5-4-6-8-16)20(25)15-9-17(26-2)19(21)18(10-15)27-3/h4-11,13H,12H2,1-3H3. The molecular formula is C20H20BrN3O3. The second-order valence-electron chi connectivity index (χ2n) is 5.98. The van der Waals surface area contributed by atoms with E-state index in [9.17, 15) is 4.79 Å². The second kappa shape index (κ2) is 8.26. The van der Waals surface area contributed by atoms with Gasteiger partial charge in [0.1, 0.15) is 16.0 Å². The van der Waals surface area contributed by atoms with Crippen LogP contribution < -0.4 is 9.47 Å². The van der Waals surface area contributed by atoms with Crippen molar-refractivity contribution in [3.05, 3.63) is 70.5 Å². The topological polar surface area (TPSA) is 56.6 Å². The number of ether oxygens (including phenoxy) is 2. The average molecular weight is 430 g/mol. The molecule has 1 aromatic heterocycles. The normalized spacial score (nSPS) is 10.5. The first kappa shape index (κ1) is 19.0. The van der Waals surface area contributed by atoms with Gasteiger partial charge in [-0.15, -0.1) is 0 Å². The van der Waals surface area contributed by atoms with Crippen molar-refractivity contribution in [3.8, 4) is 17.2 Å². The number of methoxy groups -OCH3 is 2. The molecule has 0 fully saturated rings. The van der Waals surface area contributed by atoms with E-state index < -0.39 is 0 Å². The molecule has 0 aliphatic rings. The van der Waals surface area contributed by atoms with Crippen LogP contribution in [0.4, 0.5) is 0 Å². The van der Waals surface area contributed by atoms with Gasteiger partial charge < -0.3 is 14.4 Å². The van der Waals surface area contributed by atoms with Crippen molar-refractivity contribution in [3.63, 3.8) is 0 Å². The molecule has 0 aliphatic heterocycles. The van der Waals surface area contributed by atoms with Gasteiger partial charge in [-0.1, -0.05) is 18.2 Å². The molecule has 0 saturated carbocycles. The van der Waals surface area contributed by atoms with Gasteiger partial charge >= 0.3 is 0 Å². The van der Waals surface area contributed by atoms with E-state index >= 15 is 0 Å². The number of nitrogens with zero attached hydrogens (tertiary/aromatic N) is 3. The highest BCUT2D eigenvalue weighted by atomic mass is 79.9. The predicted octanol–water partition coefficient (Wildman–Crippen LogP) is 3.92. The maximum Gasteiger partial charge on any atom is 0.254 e. The first-order chi connectivity index (χ1) is 13.0. The molecule has 1 heterocycles. The van der Waals surface area contributed by atoms with E-state index in [0.717, 1.165) is 11.3 Å². The van der Waals surface area contributed by atoms with Gasteiger partial charge in [0.2, 0.25) is 0 Å². The average Bonchev–Trinajstić information content (AvgIpc) is 3.16. The molecule has 0 aliphatic carbocycles. The van der Waals surface area contributed by atoms with Crippen LogP contribution in [0.15, 0.2) is 59.3 Å². The Morgan fingerprint density at radius 2 is 1.78 bits per heavy atom. The van der Waals surface area contributed by atoms with E-state index in [1.807, 2.05) is 36.5 Å². The van der Waals surface area contributed by atoms with Crippen LogP contribution in [0, 0.1) is 0 Å². The maximum absolute atomic E-state index is 12.8. The van der Waals surface area contributed by atoms with E-state index in [1.165, 1.54) is 0 Å². The zero-order valence-electron chi connectivity index (χ0n) is 15.3. The van der Waals surface area contributed by atoms with Crippen molar-refractivity contribution in [2.45, 2.75) is 6.54 Å². The highest BCUT2D eigenvalue weighted by molar-refractivity contribution is 9.10. The number of benzene rings is 2. The fourth-order valence-corrected chi connectivity index (χ4v) is 3.28. The SMILES string of the molecule is COc1cc(C(=O)N(C)Cc2cnn(-c3ccccc3)c2)cc(OC)c1Br. The molecule has 0 N–H and O–H groups in total. The molecule has 2 aromatic carbocycles. The smallest absolute Gasteiger partial charge is 0.254 e. The van der Waals surface area contributed by atoms with Crippen molar-refractivity contribution < 1.29 is 14.3 Å². The number of halogens is 1. The van der Waals surface area contributed by atoms with E-state index in [0.29, 0.717) is 28.1 Å². The third-order valence-corrected chi connectivity index (χ3v) is 4.90. The molecule has 0 saturated heterocycles. The molecule has 0 bridgehead atoms. The number of hydrogen-bond acceptors (Lipinski definition) is 4. The Morgan fingerprint density at radius 3 is 2.37 bits per heavy atom. The molecule has 7 heteroatoms. The maximum atomic E-state index is 12.8. The summed E-state index contributed by atoms with van der Waals surface area (Å²) >= 11 is 3.41. The van der Waals surface area contributed by atoms with Crippen molar-refractivity contribution in [1.29, 1.82) is 0 Å². The van der Waals surface area contributed by atoms with Gasteiger partial charge in [0, 0.05) is 30.9 Å². The number of rotatable bonds is 6. The molecule has 3 aromatic rings. The molecule has 27 heavy (non-hydrogen) atoms. The lowest BCUT2D eigenvalue weighted by molar-refractivity contribution is 0.0784. The van der Waals surface area contributed by atoms with Gasteiger partial charge in [-0.05, 0) is 40.2 Å². The molecule has 0 spiro atoms.